The maximum Gasteiger partial charge on any atom is 0.308 e. The van der Waals surface area contributed by atoms with Crippen LogP contribution in [0.5, 0.6) is 0 Å². The van der Waals surface area contributed by atoms with Crippen LogP contribution in [-0.4, -0.2) is 25.2 Å². The number of carbonyl (C=O) groups excluding carboxylic acids is 2. The Bertz CT molecular complexity index is 399. The maximum absolute atomic E-state index is 12.3. The third kappa shape index (κ3) is 10.2. The lowest BCUT2D eigenvalue weighted by Crippen LogP contribution is -2.29. The van der Waals surface area contributed by atoms with Gasteiger partial charge in [0, 0.05) is 0 Å². The van der Waals surface area contributed by atoms with E-state index in [4.69, 9.17) is 9.47 Å². The standard InChI is InChI=1S/C23H42O4/c1-4-7-9-10-11-17-26-22(24)20-13-15-21(16-14-20)23(25)27-18-19(6-3)12-8-5-2/h19-21H,4-18H2,1-3H3. The van der Waals surface area contributed by atoms with E-state index in [0.717, 1.165) is 51.4 Å². The average molecular weight is 383 g/mol. The second-order valence-corrected chi connectivity index (χ2v) is 8.18. The van der Waals surface area contributed by atoms with Crippen molar-refractivity contribution in [1.29, 1.82) is 0 Å². The van der Waals surface area contributed by atoms with Crippen molar-refractivity contribution in [3.63, 3.8) is 0 Å². The Morgan fingerprint density at radius 2 is 1.33 bits per heavy atom. The summed E-state index contributed by atoms with van der Waals surface area (Å²) in [4.78, 5) is 24.5. The molecule has 0 aromatic carbocycles. The van der Waals surface area contributed by atoms with E-state index in [0.29, 0.717) is 19.1 Å². The molecule has 0 heterocycles. The monoisotopic (exact) mass is 382 g/mol. The molecule has 1 atom stereocenters. The Morgan fingerprint density at radius 3 is 1.89 bits per heavy atom. The van der Waals surface area contributed by atoms with Gasteiger partial charge in [0.2, 0.25) is 0 Å². The molecule has 0 saturated heterocycles. The van der Waals surface area contributed by atoms with Gasteiger partial charge in [0.1, 0.15) is 0 Å². The molecule has 1 rings (SSSR count). The van der Waals surface area contributed by atoms with E-state index in [2.05, 4.69) is 20.8 Å². The van der Waals surface area contributed by atoms with E-state index in [1.807, 2.05) is 0 Å². The molecule has 27 heavy (non-hydrogen) atoms. The van der Waals surface area contributed by atoms with Gasteiger partial charge in [-0.1, -0.05) is 65.7 Å². The molecule has 0 bridgehead atoms. The van der Waals surface area contributed by atoms with Crippen LogP contribution in [0.3, 0.4) is 0 Å². The highest BCUT2D eigenvalue weighted by molar-refractivity contribution is 5.75. The first kappa shape index (κ1) is 24.0. The highest BCUT2D eigenvalue weighted by atomic mass is 16.5. The lowest BCUT2D eigenvalue weighted by atomic mass is 9.82. The molecular formula is C23H42O4. The smallest absolute Gasteiger partial charge is 0.308 e. The summed E-state index contributed by atoms with van der Waals surface area (Å²) in [5, 5.41) is 0. The number of ether oxygens (including phenoxy) is 2. The largest absolute Gasteiger partial charge is 0.465 e. The lowest BCUT2D eigenvalue weighted by Gasteiger charge is -2.26. The highest BCUT2D eigenvalue weighted by Crippen LogP contribution is 2.30. The van der Waals surface area contributed by atoms with Crippen molar-refractivity contribution >= 4 is 11.9 Å². The number of rotatable bonds is 14. The topological polar surface area (TPSA) is 52.6 Å². The van der Waals surface area contributed by atoms with Gasteiger partial charge in [-0.25, -0.2) is 0 Å². The minimum atomic E-state index is -0.0667. The molecule has 0 aromatic rings. The molecule has 0 aromatic heterocycles. The Kier molecular flexibility index (Phi) is 13.3. The van der Waals surface area contributed by atoms with Gasteiger partial charge in [0.25, 0.3) is 0 Å². The summed E-state index contributed by atoms with van der Waals surface area (Å²) in [6, 6.07) is 0. The molecular weight excluding hydrogens is 340 g/mol. The van der Waals surface area contributed by atoms with Crippen molar-refractivity contribution in [2.24, 2.45) is 17.8 Å². The van der Waals surface area contributed by atoms with E-state index in [1.54, 1.807) is 0 Å². The molecule has 4 heteroatoms. The van der Waals surface area contributed by atoms with Crippen LogP contribution in [-0.2, 0) is 19.1 Å². The lowest BCUT2D eigenvalue weighted by molar-refractivity contribution is -0.156. The number of hydrogen-bond donors (Lipinski definition) is 0. The van der Waals surface area contributed by atoms with Gasteiger partial charge in [0.05, 0.1) is 25.0 Å². The van der Waals surface area contributed by atoms with E-state index >= 15 is 0 Å². The molecule has 1 aliphatic carbocycles. The molecule has 158 valence electrons. The van der Waals surface area contributed by atoms with Crippen molar-refractivity contribution in [2.45, 2.75) is 104 Å². The first-order valence-electron chi connectivity index (χ1n) is 11.5. The third-order valence-electron chi connectivity index (χ3n) is 5.89. The SMILES string of the molecule is CCCCCCCOC(=O)C1CCC(C(=O)OCC(CC)CCCC)CC1. The van der Waals surface area contributed by atoms with Crippen molar-refractivity contribution in [3.05, 3.63) is 0 Å². The Balaban J connectivity index is 2.18. The Labute approximate surface area is 166 Å². The molecule has 0 amide bonds. The Hall–Kier alpha value is -1.06. The van der Waals surface area contributed by atoms with Crippen molar-refractivity contribution in [3.8, 4) is 0 Å². The molecule has 1 aliphatic rings. The minimum Gasteiger partial charge on any atom is -0.465 e. The van der Waals surface area contributed by atoms with Crippen LogP contribution < -0.4 is 0 Å². The number of carbonyl (C=O) groups is 2. The molecule has 1 unspecified atom stereocenters. The zero-order valence-electron chi connectivity index (χ0n) is 18.0. The minimum absolute atomic E-state index is 0.0300. The van der Waals surface area contributed by atoms with Crippen molar-refractivity contribution in [1.82, 2.24) is 0 Å². The zero-order chi connectivity index (χ0) is 19.9. The van der Waals surface area contributed by atoms with E-state index in [-0.39, 0.29) is 23.8 Å². The fraction of sp³-hybridized carbons (Fsp3) is 0.913. The predicted molar refractivity (Wildman–Crippen MR) is 109 cm³/mol. The fourth-order valence-corrected chi connectivity index (χ4v) is 3.78. The summed E-state index contributed by atoms with van der Waals surface area (Å²) in [7, 11) is 0. The van der Waals surface area contributed by atoms with Gasteiger partial charge in [0.15, 0.2) is 0 Å². The summed E-state index contributed by atoms with van der Waals surface area (Å²) < 4.78 is 11.0. The summed E-state index contributed by atoms with van der Waals surface area (Å²) in [6.45, 7) is 7.64. The normalized spacial score (nSPS) is 20.9. The molecule has 1 saturated carbocycles. The summed E-state index contributed by atoms with van der Waals surface area (Å²) in [5.41, 5.74) is 0. The fourth-order valence-electron chi connectivity index (χ4n) is 3.78. The van der Waals surface area contributed by atoms with Crippen LogP contribution in [0.15, 0.2) is 0 Å². The van der Waals surface area contributed by atoms with E-state index in [9.17, 15) is 9.59 Å². The van der Waals surface area contributed by atoms with Crippen LogP contribution in [0.4, 0.5) is 0 Å². The highest BCUT2D eigenvalue weighted by Gasteiger charge is 2.31. The van der Waals surface area contributed by atoms with E-state index < -0.39 is 0 Å². The van der Waals surface area contributed by atoms with Crippen LogP contribution in [0.2, 0.25) is 0 Å². The summed E-state index contributed by atoms with van der Waals surface area (Å²) >= 11 is 0. The number of hydrogen-bond acceptors (Lipinski definition) is 4. The maximum atomic E-state index is 12.3. The van der Waals surface area contributed by atoms with Crippen LogP contribution in [0, 0.1) is 17.8 Å². The van der Waals surface area contributed by atoms with Crippen molar-refractivity contribution in [2.75, 3.05) is 13.2 Å². The summed E-state index contributed by atoms with van der Waals surface area (Å²) in [6.07, 6.45) is 13.4. The van der Waals surface area contributed by atoms with Crippen LogP contribution in [0.25, 0.3) is 0 Å². The van der Waals surface area contributed by atoms with Gasteiger partial charge in [-0.3, -0.25) is 9.59 Å². The van der Waals surface area contributed by atoms with Gasteiger partial charge < -0.3 is 9.47 Å². The average Bonchev–Trinajstić information content (AvgIpc) is 2.70. The van der Waals surface area contributed by atoms with Crippen molar-refractivity contribution < 1.29 is 19.1 Å². The quantitative estimate of drug-likeness (QED) is 0.270. The van der Waals surface area contributed by atoms with E-state index in [1.165, 1.54) is 32.1 Å². The Morgan fingerprint density at radius 1 is 0.778 bits per heavy atom. The van der Waals surface area contributed by atoms with Gasteiger partial charge in [-0.2, -0.15) is 0 Å². The second-order valence-electron chi connectivity index (χ2n) is 8.18. The zero-order valence-corrected chi connectivity index (χ0v) is 18.0. The second kappa shape index (κ2) is 14.9. The third-order valence-corrected chi connectivity index (χ3v) is 5.89. The predicted octanol–water partition coefficient (Wildman–Crippen LogP) is 6.07. The number of unbranched alkanes of at least 4 members (excludes halogenated alkanes) is 5. The molecule has 0 aliphatic heterocycles. The van der Waals surface area contributed by atoms with Gasteiger partial charge in [-0.05, 0) is 44.4 Å². The van der Waals surface area contributed by atoms with Gasteiger partial charge in [-0.15, -0.1) is 0 Å². The first-order valence-corrected chi connectivity index (χ1v) is 11.5. The summed E-state index contributed by atoms with van der Waals surface area (Å²) in [5.74, 6) is 0.289. The van der Waals surface area contributed by atoms with Crippen LogP contribution >= 0.6 is 0 Å². The first-order chi connectivity index (χ1) is 13.1. The molecule has 0 spiro atoms. The molecule has 0 N–H and O–H groups in total. The molecule has 1 fully saturated rings. The number of esters is 2. The van der Waals surface area contributed by atoms with Crippen LogP contribution in [0.1, 0.15) is 104 Å². The molecule has 0 radical (unpaired) electrons. The molecule has 4 nitrogen and oxygen atoms in total. The van der Waals surface area contributed by atoms with Gasteiger partial charge >= 0.3 is 11.9 Å².